The smallest absolute Gasteiger partial charge is 0.292 e. The van der Waals surface area contributed by atoms with Crippen molar-refractivity contribution in [2.24, 2.45) is 4.99 Å². The van der Waals surface area contributed by atoms with Crippen LogP contribution in [0.1, 0.15) is 57.8 Å². The van der Waals surface area contributed by atoms with Gasteiger partial charge in [0.15, 0.2) is 0 Å². The van der Waals surface area contributed by atoms with E-state index in [2.05, 4.69) is 31.1 Å². The molecule has 0 fully saturated rings. The molecular formula is C21H36N3O3+. The van der Waals surface area contributed by atoms with Crippen molar-refractivity contribution in [2.45, 2.75) is 59.6 Å². The molecule has 1 amide bonds. The lowest BCUT2D eigenvalue weighted by Gasteiger charge is -2.17. The molecule has 0 aromatic heterocycles. The number of nitrogens with one attached hydrogen (secondary N) is 2. The van der Waals surface area contributed by atoms with E-state index in [0.29, 0.717) is 11.3 Å². The molecule has 1 atom stereocenters. The van der Waals surface area contributed by atoms with Crippen LogP contribution in [0.2, 0.25) is 0 Å². The Hall–Kier alpha value is -2.08. The lowest BCUT2D eigenvalue weighted by Crippen LogP contribution is -3.11. The topological polar surface area (TPSA) is 64.4 Å². The lowest BCUT2D eigenvalue weighted by molar-refractivity contribution is -0.896. The molecule has 0 saturated heterocycles. The second-order valence-electron chi connectivity index (χ2n) is 6.99. The van der Waals surface area contributed by atoms with Gasteiger partial charge in [-0.05, 0) is 65.7 Å². The van der Waals surface area contributed by atoms with Crippen molar-refractivity contribution in [2.75, 3.05) is 26.7 Å². The highest BCUT2D eigenvalue weighted by Crippen LogP contribution is 2.12. The molecule has 1 aromatic rings. The zero-order chi connectivity index (χ0) is 20.2. The highest BCUT2D eigenvalue weighted by molar-refractivity contribution is 6.04. The fourth-order valence-electron chi connectivity index (χ4n) is 2.76. The summed E-state index contributed by atoms with van der Waals surface area (Å²) >= 11 is 0. The molecule has 1 rings (SSSR count). The van der Waals surface area contributed by atoms with E-state index in [0.717, 1.165) is 32.5 Å². The summed E-state index contributed by atoms with van der Waals surface area (Å²) in [6.45, 7) is 13.7. The summed E-state index contributed by atoms with van der Waals surface area (Å²) in [6.07, 6.45) is 1.99. The van der Waals surface area contributed by atoms with Crippen LogP contribution in [0.4, 0.5) is 0 Å². The molecule has 0 aliphatic heterocycles. The molecule has 152 valence electrons. The molecule has 0 aliphatic carbocycles. The Morgan fingerprint density at radius 1 is 1.22 bits per heavy atom. The minimum absolute atomic E-state index is 0.0679. The van der Waals surface area contributed by atoms with Gasteiger partial charge in [-0.1, -0.05) is 6.07 Å². The Labute approximate surface area is 163 Å². The van der Waals surface area contributed by atoms with E-state index in [1.54, 1.807) is 36.3 Å². The summed E-state index contributed by atoms with van der Waals surface area (Å²) in [6, 6.07) is 7.38. The first kappa shape index (κ1) is 23.0. The molecule has 0 unspecified atom stereocenters. The molecule has 0 heterocycles. The summed E-state index contributed by atoms with van der Waals surface area (Å²) in [5.74, 6) is 0.381. The molecule has 27 heavy (non-hydrogen) atoms. The monoisotopic (exact) mass is 378 g/mol. The first-order valence-corrected chi connectivity index (χ1v) is 9.92. The van der Waals surface area contributed by atoms with Crippen molar-refractivity contribution in [3.8, 4) is 5.75 Å². The van der Waals surface area contributed by atoms with Crippen LogP contribution in [0.15, 0.2) is 29.3 Å². The molecule has 0 saturated carbocycles. The highest BCUT2D eigenvalue weighted by Gasteiger charge is 2.14. The van der Waals surface area contributed by atoms with Crippen molar-refractivity contribution in [1.29, 1.82) is 0 Å². The third-order valence-corrected chi connectivity index (χ3v) is 4.39. The third-order valence-electron chi connectivity index (χ3n) is 4.39. The van der Waals surface area contributed by atoms with Gasteiger partial charge in [0.1, 0.15) is 5.75 Å². The van der Waals surface area contributed by atoms with Gasteiger partial charge in [0.25, 0.3) is 11.9 Å². The average molecular weight is 379 g/mol. The van der Waals surface area contributed by atoms with Crippen LogP contribution in [0.25, 0.3) is 0 Å². The van der Waals surface area contributed by atoms with Crippen LogP contribution >= 0.6 is 0 Å². The molecule has 1 aromatic carbocycles. The van der Waals surface area contributed by atoms with Crippen molar-refractivity contribution >= 4 is 11.9 Å². The number of nitrogens with zero attached hydrogens (tertiary/aromatic N) is 1. The van der Waals surface area contributed by atoms with E-state index in [-0.39, 0.29) is 24.1 Å². The standard InChI is InChI=1S/C21H35N3O3/c1-7-24(8-2)14-10-11-17(5)22-21(27-16(3)4)23-20(25)18-12-9-13-19(15-18)26-6/h9,12-13,15-17H,7-8,10-11,14H2,1-6H3,(H,22,23,25)/p+1/t17-/m0/s1. The van der Waals surface area contributed by atoms with Gasteiger partial charge in [0.2, 0.25) is 0 Å². The Balaban J connectivity index is 2.72. The minimum Gasteiger partial charge on any atom is -0.497 e. The second-order valence-corrected chi connectivity index (χ2v) is 6.99. The number of quaternary nitrogens is 1. The van der Waals surface area contributed by atoms with E-state index in [1.807, 2.05) is 13.8 Å². The number of amides is 1. The third kappa shape index (κ3) is 8.91. The Morgan fingerprint density at radius 2 is 1.93 bits per heavy atom. The largest absolute Gasteiger partial charge is 0.497 e. The quantitative estimate of drug-likeness (QED) is 0.485. The first-order chi connectivity index (χ1) is 12.9. The van der Waals surface area contributed by atoms with Crippen molar-refractivity contribution < 1.29 is 19.2 Å². The SMILES string of the molecule is CC[NH+](CC)CCC[C@H](C)N=C(NC(=O)c1cccc(OC)c1)OC(C)C. The van der Waals surface area contributed by atoms with Crippen LogP contribution in [0.5, 0.6) is 5.75 Å². The number of carbonyl (C=O) groups is 1. The number of aliphatic imine (C=N–C) groups is 1. The Kier molecular flexibility index (Phi) is 10.5. The Morgan fingerprint density at radius 3 is 2.52 bits per heavy atom. The van der Waals surface area contributed by atoms with Gasteiger partial charge in [0, 0.05) is 5.56 Å². The van der Waals surface area contributed by atoms with E-state index >= 15 is 0 Å². The zero-order valence-corrected chi connectivity index (χ0v) is 17.7. The molecule has 0 bridgehead atoms. The number of carbonyl (C=O) groups excluding carboxylic acids is 1. The van der Waals surface area contributed by atoms with Gasteiger partial charge in [-0.3, -0.25) is 10.1 Å². The first-order valence-electron chi connectivity index (χ1n) is 9.92. The number of methoxy groups -OCH3 is 1. The maximum atomic E-state index is 12.5. The predicted molar refractivity (Wildman–Crippen MR) is 110 cm³/mol. The number of amidine groups is 1. The fourth-order valence-corrected chi connectivity index (χ4v) is 2.76. The lowest BCUT2D eigenvalue weighted by atomic mass is 10.2. The highest BCUT2D eigenvalue weighted by atomic mass is 16.5. The van der Waals surface area contributed by atoms with Gasteiger partial charge < -0.3 is 14.4 Å². The number of hydrogen-bond donors (Lipinski definition) is 2. The maximum Gasteiger partial charge on any atom is 0.292 e. The number of rotatable bonds is 10. The average Bonchev–Trinajstić information content (AvgIpc) is 2.64. The van der Waals surface area contributed by atoms with Crippen molar-refractivity contribution in [3.63, 3.8) is 0 Å². The van der Waals surface area contributed by atoms with E-state index in [9.17, 15) is 4.79 Å². The van der Waals surface area contributed by atoms with Crippen LogP contribution in [0, 0.1) is 0 Å². The van der Waals surface area contributed by atoms with Crippen LogP contribution < -0.4 is 15.0 Å². The van der Waals surface area contributed by atoms with Crippen molar-refractivity contribution in [1.82, 2.24) is 5.32 Å². The van der Waals surface area contributed by atoms with E-state index in [1.165, 1.54) is 0 Å². The summed E-state index contributed by atoms with van der Waals surface area (Å²) < 4.78 is 10.9. The number of ether oxygens (including phenoxy) is 2. The molecule has 2 N–H and O–H groups in total. The number of hydrogen-bond acceptors (Lipinski definition) is 4. The predicted octanol–water partition coefficient (Wildman–Crippen LogP) is 2.30. The molecule has 6 heteroatoms. The summed E-state index contributed by atoms with van der Waals surface area (Å²) in [4.78, 5) is 18.7. The summed E-state index contributed by atoms with van der Waals surface area (Å²) in [5, 5.41) is 2.80. The van der Waals surface area contributed by atoms with Crippen LogP contribution in [-0.4, -0.2) is 50.8 Å². The molecule has 6 nitrogen and oxygen atoms in total. The molecule has 0 aliphatic rings. The normalized spacial score (nSPS) is 13.0. The summed E-state index contributed by atoms with van der Waals surface area (Å²) in [7, 11) is 1.58. The van der Waals surface area contributed by atoms with E-state index < -0.39 is 0 Å². The summed E-state index contributed by atoms with van der Waals surface area (Å²) in [5.41, 5.74) is 0.507. The Bertz CT molecular complexity index is 598. The fraction of sp³-hybridized carbons (Fsp3) is 0.619. The van der Waals surface area contributed by atoms with Gasteiger partial charge in [-0.15, -0.1) is 0 Å². The second kappa shape index (κ2) is 12.3. The van der Waals surface area contributed by atoms with Crippen molar-refractivity contribution in [3.05, 3.63) is 29.8 Å². The number of benzene rings is 1. The zero-order valence-electron chi connectivity index (χ0n) is 17.7. The molecular weight excluding hydrogens is 342 g/mol. The van der Waals surface area contributed by atoms with Crippen LogP contribution in [-0.2, 0) is 4.74 Å². The molecule has 0 spiro atoms. The van der Waals surface area contributed by atoms with E-state index in [4.69, 9.17) is 9.47 Å². The minimum atomic E-state index is -0.256. The van der Waals surface area contributed by atoms with Gasteiger partial charge in [0.05, 0.1) is 38.9 Å². The molecule has 0 radical (unpaired) electrons. The van der Waals surface area contributed by atoms with Gasteiger partial charge in [-0.2, -0.15) is 0 Å². The van der Waals surface area contributed by atoms with Gasteiger partial charge >= 0.3 is 0 Å². The maximum absolute atomic E-state index is 12.5. The van der Waals surface area contributed by atoms with Gasteiger partial charge in [-0.25, -0.2) is 4.99 Å². The van der Waals surface area contributed by atoms with Crippen LogP contribution in [0.3, 0.4) is 0 Å².